The molecular formula is C24H20N2O5. The van der Waals surface area contributed by atoms with Crippen molar-refractivity contribution in [1.82, 2.24) is 5.32 Å². The summed E-state index contributed by atoms with van der Waals surface area (Å²) < 4.78 is 11.0. The summed E-state index contributed by atoms with van der Waals surface area (Å²) in [4.78, 5) is 36.3. The van der Waals surface area contributed by atoms with Crippen molar-refractivity contribution < 1.29 is 23.5 Å². The predicted octanol–water partition coefficient (Wildman–Crippen LogP) is 4.05. The van der Waals surface area contributed by atoms with Crippen molar-refractivity contribution in [2.45, 2.75) is 6.92 Å². The van der Waals surface area contributed by atoms with Gasteiger partial charge in [0.05, 0.1) is 0 Å². The summed E-state index contributed by atoms with van der Waals surface area (Å²) in [5.41, 5.74) is 2.24. The fraction of sp³-hybridized carbons (Fsp3) is 0.125. The van der Waals surface area contributed by atoms with Crippen molar-refractivity contribution in [3.63, 3.8) is 0 Å². The number of rotatable bonds is 5. The van der Waals surface area contributed by atoms with Crippen molar-refractivity contribution >= 4 is 45.2 Å². The van der Waals surface area contributed by atoms with Gasteiger partial charge in [0.25, 0.3) is 11.8 Å². The molecule has 0 aliphatic rings. The summed E-state index contributed by atoms with van der Waals surface area (Å²) in [5.74, 6) is -1.35. The lowest BCUT2D eigenvalue weighted by molar-refractivity contribution is -0.119. The Morgan fingerprint density at radius 3 is 2.42 bits per heavy atom. The number of nitrogens with one attached hydrogen (secondary N) is 2. The maximum absolute atomic E-state index is 12.5. The van der Waals surface area contributed by atoms with E-state index in [1.54, 1.807) is 38.2 Å². The third-order valence-corrected chi connectivity index (χ3v) is 5.01. The van der Waals surface area contributed by atoms with Crippen molar-refractivity contribution in [1.29, 1.82) is 0 Å². The summed E-state index contributed by atoms with van der Waals surface area (Å²) in [7, 11) is 1.54. The van der Waals surface area contributed by atoms with Crippen molar-refractivity contribution in [3.8, 4) is 0 Å². The fourth-order valence-electron chi connectivity index (χ4n) is 3.39. The van der Waals surface area contributed by atoms with Gasteiger partial charge in [-0.05, 0) is 36.6 Å². The van der Waals surface area contributed by atoms with Crippen LogP contribution in [0.15, 0.2) is 65.1 Å². The summed E-state index contributed by atoms with van der Waals surface area (Å²) >= 11 is 0. The molecule has 3 aromatic carbocycles. The van der Waals surface area contributed by atoms with Crippen LogP contribution in [0.4, 0.5) is 5.69 Å². The minimum atomic E-state index is -0.706. The molecule has 0 unspecified atom stereocenters. The molecule has 0 saturated heterocycles. The number of hydrogen-bond donors (Lipinski definition) is 2. The number of carbonyl (C=O) groups excluding carboxylic acids is 3. The van der Waals surface area contributed by atoms with Crippen LogP contribution >= 0.6 is 0 Å². The quantitative estimate of drug-likeness (QED) is 0.479. The molecule has 31 heavy (non-hydrogen) atoms. The number of esters is 1. The zero-order valence-electron chi connectivity index (χ0n) is 17.0. The van der Waals surface area contributed by atoms with Gasteiger partial charge < -0.3 is 19.8 Å². The Morgan fingerprint density at radius 2 is 1.68 bits per heavy atom. The third-order valence-electron chi connectivity index (χ3n) is 5.01. The Balaban J connectivity index is 1.44. The van der Waals surface area contributed by atoms with E-state index in [-0.39, 0.29) is 11.7 Å². The Morgan fingerprint density at radius 1 is 0.935 bits per heavy atom. The smallest absolute Gasteiger partial charge is 0.375 e. The van der Waals surface area contributed by atoms with E-state index >= 15 is 0 Å². The molecule has 4 aromatic rings. The van der Waals surface area contributed by atoms with Gasteiger partial charge in [0.1, 0.15) is 5.58 Å². The fourth-order valence-corrected chi connectivity index (χ4v) is 3.39. The second kappa shape index (κ2) is 8.31. The average molecular weight is 416 g/mol. The van der Waals surface area contributed by atoms with Crippen LogP contribution in [-0.2, 0) is 9.53 Å². The second-order valence-electron chi connectivity index (χ2n) is 7.00. The van der Waals surface area contributed by atoms with E-state index in [4.69, 9.17) is 9.15 Å². The van der Waals surface area contributed by atoms with E-state index in [0.29, 0.717) is 22.4 Å². The molecule has 1 heterocycles. The van der Waals surface area contributed by atoms with Gasteiger partial charge in [-0.15, -0.1) is 0 Å². The number of carbonyl (C=O) groups is 3. The third kappa shape index (κ3) is 3.98. The minimum absolute atomic E-state index is 0.0779. The standard InChI is InChI=1S/C24H20N2O5/c1-14-18-12-9-15-5-3-4-6-19(15)22(18)31-21(14)24(29)30-13-20(27)26-17-10-7-16(8-11-17)23(28)25-2/h3-12H,13H2,1-2H3,(H,25,28)(H,26,27). The molecule has 4 rings (SSSR count). The average Bonchev–Trinajstić information content (AvgIpc) is 3.14. The number of benzene rings is 3. The van der Waals surface area contributed by atoms with Crippen LogP contribution in [0.3, 0.4) is 0 Å². The van der Waals surface area contributed by atoms with E-state index in [1.165, 1.54) is 0 Å². The minimum Gasteiger partial charge on any atom is -0.450 e. The van der Waals surface area contributed by atoms with Gasteiger partial charge in [0.15, 0.2) is 6.61 Å². The van der Waals surface area contributed by atoms with E-state index in [1.807, 2.05) is 36.4 Å². The van der Waals surface area contributed by atoms with Crippen LogP contribution in [0.5, 0.6) is 0 Å². The molecule has 2 N–H and O–H groups in total. The topological polar surface area (TPSA) is 97.6 Å². The highest BCUT2D eigenvalue weighted by molar-refractivity contribution is 6.08. The summed E-state index contributed by atoms with van der Waals surface area (Å²) in [6.07, 6.45) is 0. The number of aryl methyl sites for hydroxylation is 1. The molecule has 156 valence electrons. The number of fused-ring (bicyclic) bond motifs is 3. The first kappa shape index (κ1) is 20.2. The highest BCUT2D eigenvalue weighted by Crippen LogP contribution is 2.32. The number of furan rings is 1. The van der Waals surface area contributed by atoms with E-state index in [9.17, 15) is 14.4 Å². The van der Waals surface area contributed by atoms with Crippen LogP contribution in [0.2, 0.25) is 0 Å². The van der Waals surface area contributed by atoms with Crippen molar-refractivity contribution in [3.05, 3.63) is 77.6 Å². The molecule has 2 amide bonds. The maximum Gasteiger partial charge on any atom is 0.375 e. The molecule has 0 atom stereocenters. The lowest BCUT2D eigenvalue weighted by Gasteiger charge is -2.07. The Kier molecular flexibility index (Phi) is 5.41. The Bertz CT molecular complexity index is 1310. The summed E-state index contributed by atoms with van der Waals surface area (Å²) in [5, 5.41) is 7.87. The molecule has 0 saturated carbocycles. The second-order valence-corrected chi connectivity index (χ2v) is 7.00. The molecule has 7 heteroatoms. The molecule has 0 fully saturated rings. The van der Waals surface area contributed by atoms with Crippen LogP contribution in [0.1, 0.15) is 26.5 Å². The SMILES string of the molecule is CNC(=O)c1ccc(NC(=O)COC(=O)c2oc3c(ccc4ccccc43)c2C)cc1. The number of hydrogen-bond acceptors (Lipinski definition) is 5. The number of amides is 2. The zero-order chi connectivity index (χ0) is 22.0. The van der Waals surface area contributed by atoms with Gasteiger partial charge in [-0.2, -0.15) is 0 Å². The van der Waals surface area contributed by atoms with E-state index in [0.717, 1.165) is 16.2 Å². The highest BCUT2D eigenvalue weighted by atomic mass is 16.5. The van der Waals surface area contributed by atoms with Crippen LogP contribution in [0.25, 0.3) is 21.7 Å². The van der Waals surface area contributed by atoms with Gasteiger partial charge in [-0.3, -0.25) is 9.59 Å². The maximum atomic E-state index is 12.5. The first-order valence-electron chi connectivity index (χ1n) is 9.68. The Labute approximate surface area is 178 Å². The molecule has 0 aliphatic heterocycles. The number of anilines is 1. The normalized spacial score (nSPS) is 10.8. The van der Waals surface area contributed by atoms with Gasteiger partial charge >= 0.3 is 5.97 Å². The van der Waals surface area contributed by atoms with E-state index in [2.05, 4.69) is 10.6 Å². The van der Waals surface area contributed by atoms with Crippen molar-refractivity contribution in [2.75, 3.05) is 19.0 Å². The summed E-state index contributed by atoms with van der Waals surface area (Å²) in [6, 6.07) is 18.0. The molecular weight excluding hydrogens is 396 g/mol. The van der Waals surface area contributed by atoms with Gasteiger partial charge in [0, 0.05) is 34.6 Å². The molecule has 0 spiro atoms. The molecule has 0 radical (unpaired) electrons. The van der Waals surface area contributed by atoms with Crippen LogP contribution in [0, 0.1) is 6.92 Å². The van der Waals surface area contributed by atoms with Crippen LogP contribution < -0.4 is 10.6 Å². The first-order chi connectivity index (χ1) is 15.0. The first-order valence-corrected chi connectivity index (χ1v) is 9.68. The van der Waals surface area contributed by atoms with Crippen molar-refractivity contribution in [2.24, 2.45) is 0 Å². The zero-order valence-corrected chi connectivity index (χ0v) is 17.0. The van der Waals surface area contributed by atoms with Gasteiger partial charge in [-0.25, -0.2) is 4.79 Å². The Hall–Kier alpha value is -4.13. The monoisotopic (exact) mass is 416 g/mol. The lowest BCUT2D eigenvalue weighted by Crippen LogP contribution is -2.21. The largest absolute Gasteiger partial charge is 0.450 e. The highest BCUT2D eigenvalue weighted by Gasteiger charge is 2.21. The number of ether oxygens (including phenoxy) is 1. The predicted molar refractivity (Wildman–Crippen MR) is 117 cm³/mol. The molecule has 0 aliphatic carbocycles. The molecule has 7 nitrogen and oxygen atoms in total. The van der Waals surface area contributed by atoms with E-state index < -0.39 is 18.5 Å². The lowest BCUT2D eigenvalue weighted by atomic mass is 10.1. The molecule has 0 bridgehead atoms. The molecule has 1 aromatic heterocycles. The van der Waals surface area contributed by atoms with Crippen LogP contribution in [-0.4, -0.2) is 31.4 Å². The summed E-state index contributed by atoms with van der Waals surface area (Å²) in [6.45, 7) is 1.32. The van der Waals surface area contributed by atoms with Gasteiger partial charge in [0.2, 0.25) is 5.76 Å². The van der Waals surface area contributed by atoms with Gasteiger partial charge in [-0.1, -0.05) is 36.4 Å².